The Balaban J connectivity index is 2.63. The Bertz CT molecular complexity index is 689. The fourth-order valence-electron chi connectivity index (χ4n) is 3.26. The molecule has 0 aliphatic carbocycles. The van der Waals surface area contributed by atoms with Crippen molar-refractivity contribution in [1.29, 1.82) is 0 Å². The molecule has 0 radical (unpaired) electrons. The van der Waals surface area contributed by atoms with Gasteiger partial charge in [-0.15, -0.1) is 0 Å². The molecular weight excluding hydrogens is 312 g/mol. The van der Waals surface area contributed by atoms with Gasteiger partial charge >= 0.3 is 5.97 Å². The molecule has 1 atom stereocenters. The van der Waals surface area contributed by atoms with Crippen LogP contribution in [0.5, 0.6) is 11.5 Å². The maximum absolute atomic E-state index is 12.8. The zero-order chi connectivity index (χ0) is 18.2. The first kappa shape index (κ1) is 18.4. The molecule has 1 aliphatic rings. The summed E-state index contributed by atoms with van der Waals surface area (Å²) in [6, 6.07) is 0. The van der Waals surface area contributed by atoms with Crippen LogP contribution in [0.4, 0.5) is 0 Å². The lowest BCUT2D eigenvalue weighted by molar-refractivity contribution is -0.198. The molecule has 1 aliphatic heterocycles. The molecule has 0 bridgehead atoms. The number of fused-ring (bicyclic) bond motifs is 1. The van der Waals surface area contributed by atoms with E-state index < -0.39 is 17.9 Å². The number of ketones is 1. The standard InChI is InChI=1S/C18H24O6/c1-9-10(2)16-14(11(3)15(9)23-12(4)19)13(20)8-18(5,24-16)17(21-6)22-7/h17H,8H2,1-7H3. The molecule has 0 N–H and O–H groups in total. The van der Waals surface area contributed by atoms with E-state index >= 15 is 0 Å². The van der Waals surface area contributed by atoms with E-state index in [1.165, 1.54) is 21.1 Å². The van der Waals surface area contributed by atoms with Crippen molar-refractivity contribution in [3.63, 3.8) is 0 Å². The first-order valence-electron chi connectivity index (χ1n) is 7.76. The van der Waals surface area contributed by atoms with E-state index in [1.54, 1.807) is 13.8 Å². The van der Waals surface area contributed by atoms with Crippen LogP contribution in [0.2, 0.25) is 0 Å². The lowest BCUT2D eigenvalue weighted by Gasteiger charge is -2.40. The molecule has 1 unspecified atom stereocenters. The van der Waals surface area contributed by atoms with Crippen LogP contribution in [0.3, 0.4) is 0 Å². The summed E-state index contributed by atoms with van der Waals surface area (Å²) in [6.45, 7) is 8.57. The second-order valence-electron chi connectivity index (χ2n) is 6.32. The quantitative estimate of drug-likeness (QED) is 0.478. The number of rotatable bonds is 4. The normalized spacial score (nSPS) is 19.9. The van der Waals surface area contributed by atoms with E-state index in [0.29, 0.717) is 22.6 Å². The van der Waals surface area contributed by atoms with Gasteiger partial charge in [-0.25, -0.2) is 0 Å². The van der Waals surface area contributed by atoms with Gasteiger partial charge in [0.1, 0.15) is 11.5 Å². The molecule has 6 heteroatoms. The second kappa shape index (κ2) is 6.53. The van der Waals surface area contributed by atoms with Crippen molar-refractivity contribution >= 4 is 11.8 Å². The zero-order valence-corrected chi connectivity index (χ0v) is 15.2. The van der Waals surface area contributed by atoms with Crippen molar-refractivity contribution in [1.82, 2.24) is 0 Å². The maximum atomic E-state index is 12.8. The third-order valence-electron chi connectivity index (χ3n) is 4.48. The predicted octanol–water partition coefficient (Wildman–Crippen LogP) is 2.88. The summed E-state index contributed by atoms with van der Waals surface area (Å²) in [7, 11) is 3.02. The molecule has 6 nitrogen and oxygen atoms in total. The molecule has 1 aromatic rings. The number of hydrogen-bond donors (Lipinski definition) is 0. The summed E-state index contributed by atoms with van der Waals surface area (Å²) in [4.78, 5) is 24.2. The van der Waals surface area contributed by atoms with Crippen LogP contribution in [0.1, 0.15) is 47.3 Å². The van der Waals surface area contributed by atoms with Gasteiger partial charge in [-0.2, -0.15) is 0 Å². The van der Waals surface area contributed by atoms with Gasteiger partial charge in [0.2, 0.25) is 0 Å². The Kier molecular flexibility index (Phi) is 5.01. The number of hydrogen-bond acceptors (Lipinski definition) is 6. The molecule has 0 amide bonds. The van der Waals surface area contributed by atoms with Gasteiger partial charge in [-0.1, -0.05) is 0 Å². The van der Waals surface area contributed by atoms with Gasteiger partial charge in [0.25, 0.3) is 0 Å². The highest BCUT2D eigenvalue weighted by Crippen LogP contribution is 2.44. The highest BCUT2D eigenvalue weighted by Gasteiger charge is 2.45. The minimum Gasteiger partial charge on any atom is -0.481 e. The summed E-state index contributed by atoms with van der Waals surface area (Å²) >= 11 is 0. The molecule has 0 fully saturated rings. The lowest BCUT2D eigenvalue weighted by atomic mass is 9.85. The van der Waals surface area contributed by atoms with Crippen LogP contribution < -0.4 is 9.47 Å². The topological polar surface area (TPSA) is 71.1 Å². The Hall–Kier alpha value is -1.92. The van der Waals surface area contributed by atoms with Crippen LogP contribution in [0, 0.1) is 20.8 Å². The zero-order valence-electron chi connectivity index (χ0n) is 15.2. The third-order valence-corrected chi connectivity index (χ3v) is 4.48. The van der Waals surface area contributed by atoms with Gasteiger partial charge in [-0.05, 0) is 38.8 Å². The van der Waals surface area contributed by atoms with E-state index in [-0.39, 0.29) is 12.2 Å². The molecule has 132 valence electrons. The highest BCUT2D eigenvalue weighted by molar-refractivity contribution is 6.03. The summed E-state index contributed by atoms with van der Waals surface area (Å²) in [5.74, 6) is 0.410. The first-order valence-corrected chi connectivity index (χ1v) is 7.76. The molecule has 24 heavy (non-hydrogen) atoms. The molecular formula is C18H24O6. The van der Waals surface area contributed by atoms with Crippen LogP contribution in [0.15, 0.2) is 0 Å². The molecule has 0 saturated heterocycles. The molecule has 2 rings (SSSR count). The number of esters is 1. The Morgan fingerprint density at radius 1 is 1.12 bits per heavy atom. The van der Waals surface area contributed by atoms with Crippen molar-refractivity contribution < 1.29 is 28.5 Å². The first-order chi connectivity index (χ1) is 11.2. The Morgan fingerprint density at radius 3 is 2.21 bits per heavy atom. The number of benzene rings is 1. The van der Waals surface area contributed by atoms with Gasteiger partial charge in [0.15, 0.2) is 17.7 Å². The average Bonchev–Trinajstić information content (AvgIpc) is 2.49. The number of carbonyl (C=O) groups is 2. The Morgan fingerprint density at radius 2 is 1.71 bits per heavy atom. The SMILES string of the molecule is COC(OC)C1(C)CC(=O)c2c(C)c(OC(C)=O)c(C)c(C)c2O1. The number of ether oxygens (including phenoxy) is 4. The molecule has 0 spiro atoms. The van der Waals surface area contributed by atoms with Gasteiger partial charge in [-0.3, -0.25) is 9.59 Å². The van der Waals surface area contributed by atoms with Crippen molar-refractivity contribution in [2.75, 3.05) is 14.2 Å². The van der Waals surface area contributed by atoms with Crippen LogP contribution in [-0.2, 0) is 14.3 Å². The average molecular weight is 336 g/mol. The number of Topliss-reactive ketones (excluding diaryl/α,β-unsaturated/α-hetero) is 1. The summed E-state index contributed by atoms with van der Waals surface area (Å²) < 4.78 is 22.1. The fourth-order valence-corrected chi connectivity index (χ4v) is 3.26. The van der Waals surface area contributed by atoms with E-state index in [4.69, 9.17) is 18.9 Å². The molecule has 0 saturated carbocycles. The fraction of sp³-hybridized carbons (Fsp3) is 0.556. The highest BCUT2D eigenvalue weighted by atomic mass is 16.7. The largest absolute Gasteiger partial charge is 0.481 e. The van der Waals surface area contributed by atoms with Crippen LogP contribution in [-0.4, -0.2) is 37.9 Å². The van der Waals surface area contributed by atoms with Crippen LogP contribution >= 0.6 is 0 Å². The molecule has 1 heterocycles. The van der Waals surface area contributed by atoms with Crippen molar-refractivity contribution in [2.24, 2.45) is 0 Å². The predicted molar refractivity (Wildman–Crippen MR) is 87.7 cm³/mol. The van der Waals surface area contributed by atoms with E-state index in [2.05, 4.69) is 0 Å². The molecule has 1 aromatic carbocycles. The van der Waals surface area contributed by atoms with E-state index in [0.717, 1.165) is 11.1 Å². The van der Waals surface area contributed by atoms with E-state index in [9.17, 15) is 9.59 Å². The Labute approximate surface area is 142 Å². The summed E-state index contributed by atoms with van der Waals surface area (Å²) in [6.07, 6.45) is -0.572. The van der Waals surface area contributed by atoms with Crippen molar-refractivity contribution in [3.8, 4) is 11.5 Å². The van der Waals surface area contributed by atoms with Crippen molar-refractivity contribution in [3.05, 3.63) is 22.3 Å². The lowest BCUT2D eigenvalue weighted by Crippen LogP contribution is -2.51. The van der Waals surface area contributed by atoms with E-state index in [1.807, 2.05) is 13.8 Å². The second-order valence-corrected chi connectivity index (χ2v) is 6.32. The van der Waals surface area contributed by atoms with Crippen molar-refractivity contribution in [2.45, 2.75) is 52.9 Å². The third kappa shape index (κ3) is 2.91. The smallest absolute Gasteiger partial charge is 0.308 e. The van der Waals surface area contributed by atoms with Crippen LogP contribution in [0.25, 0.3) is 0 Å². The monoisotopic (exact) mass is 336 g/mol. The minimum atomic E-state index is -0.930. The number of carbonyl (C=O) groups excluding carboxylic acids is 2. The summed E-state index contributed by atoms with van der Waals surface area (Å²) in [5, 5.41) is 0. The maximum Gasteiger partial charge on any atom is 0.308 e. The number of methoxy groups -OCH3 is 2. The van der Waals surface area contributed by atoms with Gasteiger partial charge < -0.3 is 18.9 Å². The summed E-state index contributed by atoms with van der Waals surface area (Å²) in [5.41, 5.74) is 1.67. The molecule has 0 aromatic heterocycles. The minimum absolute atomic E-state index is 0.0909. The van der Waals surface area contributed by atoms with Gasteiger partial charge in [0, 0.05) is 26.7 Å². The van der Waals surface area contributed by atoms with Gasteiger partial charge in [0.05, 0.1) is 12.0 Å².